The van der Waals surface area contributed by atoms with Crippen LogP contribution in [0.25, 0.3) is 0 Å². The van der Waals surface area contributed by atoms with Crippen LogP contribution >= 0.6 is 0 Å². The van der Waals surface area contributed by atoms with E-state index in [2.05, 4.69) is 24.5 Å². The summed E-state index contributed by atoms with van der Waals surface area (Å²) in [5.74, 6) is 0.591. The third-order valence-electron chi connectivity index (χ3n) is 3.74. The zero-order valence-electron chi connectivity index (χ0n) is 12.1. The van der Waals surface area contributed by atoms with Crippen LogP contribution in [0, 0.1) is 11.3 Å². The molecule has 2 atom stereocenters. The number of rotatable bonds is 7. The highest BCUT2D eigenvalue weighted by Gasteiger charge is 2.38. The molecule has 106 valence electrons. The highest BCUT2D eigenvalue weighted by molar-refractivity contribution is 5.83. The molecule has 0 aliphatic carbocycles. The van der Waals surface area contributed by atoms with Crippen LogP contribution in [-0.2, 0) is 9.53 Å². The first-order chi connectivity index (χ1) is 8.64. The molecule has 0 saturated carbocycles. The van der Waals surface area contributed by atoms with Crippen molar-refractivity contribution in [3.63, 3.8) is 0 Å². The van der Waals surface area contributed by atoms with Crippen LogP contribution in [-0.4, -0.2) is 39.3 Å². The summed E-state index contributed by atoms with van der Waals surface area (Å²) in [6, 6.07) is 0. The van der Waals surface area contributed by atoms with Crippen LogP contribution in [0.15, 0.2) is 0 Å². The van der Waals surface area contributed by atoms with Crippen molar-refractivity contribution in [1.29, 1.82) is 0 Å². The quantitative estimate of drug-likeness (QED) is 0.727. The van der Waals surface area contributed by atoms with E-state index in [1.165, 1.54) is 0 Å². The molecule has 1 aliphatic heterocycles. The first-order valence-corrected chi connectivity index (χ1v) is 7.12. The summed E-state index contributed by atoms with van der Waals surface area (Å²) in [6.07, 6.45) is 4.15. The van der Waals surface area contributed by atoms with Crippen molar-refractivity contribution in [2.45, 2.75) is 39.5 Å². The van der Waals surface area contributed by atoms with Gasteiger partial charge in [0, 0.05) is 20.2 Å². The Morgan fingerprint density at radius 2 is 2.33 bits per heavy atom. The average molecular weight is 256 g/mol. The lowest BCUT2D eigenvalue weighted by Gasteiger charge is -2.36. The van der Waals surface area contributed by atoms with Crippen molar-refractivity contribution in [1.82, 2.24) is 10.6 Å². The number of hydrogen-bond donors (Lipinski definition) is 2. The Morgan fingerprint density at radius 1 is 1.56 bits per heavy atom. The van der Waals surface area contributed by atoms with E-state index in [1.807, 2.05) is 0 Å². The molecular formula is C14H28N2O2. The predicted molar refractivity (Wildman–Crippen MR) is 73.5 cm³/mol. The number of carbonyl (C=O) groups excluding carboxylic acids is 1. The van der Waals surface area contributed by atoms with Crippen molar-refractivity contribution in [2.75, 3.05) is 33.4 Å². The van der Waals surface area contributed by atoms with Crippen molar-refractivity contribution in [2.24, 2.45) is 11.3 Å². The van der Waals surface area contributed by atoms with Crippen LogP contribution in [0.1, 0.15) is 39.5 Å². The van der Waals surface area contributed by atoms with Gasteiger partial charge in [0.1, 0.15) is 0 Å². The van der Waals surface area contributed by atoms with E-state index in [0.29, 0.717) is 19.1 Å². The van der Waals surface area contributed by atoms with Gasteiger partial charge in [0.05, 0.1) is 12.0 Å². The fourth-order valence-corrected chi connectivity index (χ4v) is 2.76. The average Bonchev–Trinajstić information content (AvgIpc) is 2.38. The molecule has 1 fully saturated rings. The van der Waals surface area contributed by atoms with Gasteiger partial charge in [-0.2, -0.15) is 0 Å². The van der Waals surface area contributed by atoms with Gasteiger partial charge in [-0.05, 0) is 31.7 Å². The van der Waals surface area contributed by atoms with E-state index >= 15 is 0 Å². The summed E-state index contributed by atoms with van der Waals surface area (Å²) < 4.78 is 5.09. The number of amides is 1. The summed E-state index contributed by atoms with van der Waals surface area (Å²) in [7, 11) is 1.70. The Hall–Kier alpha value is -0.610. The van der Waals surface area contributed by atoms with Gasteiger partial charge in [-0.3, -0.25) is 4.79 Å². The van der Waals surface area contributed by atoms with Gasteiger partial charge in [-0.15, -0.1) is 0 Å². The molecule has 0 bridgehead atoms. The Bertz CT molecular complexity index is 245. The number of hydrogen-bond acceptors (Lipinski definition) is 3. The van der Waals surface area contributed by atoms with Crippen molar-refractivity contribution in [3.8, 4) is 0 Å². The molecule has 0 aromatic rings. The Kier molecular flexibility index (Phi) is 6.65. The molecule has 1 amide bonds. The molecule has 0 aromatic heterocycles. The molecule has 2 N–H and O–H groups in total. The molecule has 1 saturated heterocycles. The summed E-state index contributed by atoms with van der Waals surface area (Å²) >= 11 is 0. The molecule has 0 radical (unpaired) electrons. The number of ether oxygens (including phenoxy) is 1. The van der Waals surface area contributed by atoms with Crippen molar-refractivity contribution in [3.05, 3.63) is 0 Å². The minimum atomic E-state index is -0.181. The maximum atomic E-state index is 12.4. The predicted octanol–water partition coefficient (Wildman–Crippen LogP) is 1.56. The van der Waals surface area contributed by atoms with E-state index in [4.69, 9.17) is 4.74 Å². The van der Waals surface area contributed by atoms with E-state index in [-0.39, 0.29) is 11.3 Å². The number of piperidine rings is 1. The second kappa shape index (κ2) is 7.74. The molecular weight excluding hydrogens is 228 g/mol. The first kappa shape index (κ1) is 15.4. The minimum absolute atomic E-state index is 0.181. The summed E-state index contributed by atoms with van der Waals surface area (Å²) in [4.78, 5) is 12.4. The highest BCUT2D eigenvalue weighted by atomic mass is 16.5. The van der Waals surface area contributed by atoms with E-state index in [9.17, 15) is 4.79 Å². The third-order valence-corrected chi connectivity index (χ3v) is 3.74. The number of nitrogens with one attached hydrogen (secondary N) is 2. The largest absolute Gasteiger partial charge is 0.384 e. The van der Waals surface area contributed by atoms with Gasteiger partial charge >= 0.3 is 0 Å². The third kappa shape index (κ3) is 4.25. The van der Waals surface area contributed by atoms with Crippen molar-refractivity contribution >= 4 is 5.91 Å². The zero-order chi connectivity index (χ0) is 13.4. The Balaban J connectivity index is 2.49. The van der Waals surface area contributed by atoms with Crippen LogP contribution in [0.2, 0.25) is 0 Å². The second-order valence-corrected chi connectivity index (χ2v) is 5.58. The molecule has 2 unspecified atom stereocenters. The molecule has 0 spiro atoms. The molecule has 1 rings (SSSR count). The highest BCUT2D eigenvalue weighted by Crippen LogP contribution is 2.31. The molecule has 18 heavy (non-hydrogen) atoms. The van der Waals surface area contributed by atoms with Crippen LogP contribution < -0.4 is 10.6 Å². The summed E-state index contributed by atoms with van der Waals surface area (Å²) in [5.41, 5.74) is -0.181. The van der Waals surface area contributed by atoms with E-state index in [1.54, 1.807) is 7.11 Å². The fraction of sp³-hybridized carbons (Fsp3) is 0.929. The normalized spacial score (nSPS) is 25.7. The minimum Gasteiger partial charge on any atom is -0.384 e. The summed E-state index contributed by atoms with van der Waals surface area (Å²) in [5, 5.41) is 6.47. The van der Waals surface area contributed by atoms with Gasteiger partial charge in [-0.1, -0.05) is 20.3 Å². The van der Waals surface area contributed by atoms with Crippen LogP contribution in [0.3, 0.4) is 0 Å². The zero-order valence-corrected chi connectivity index (χ0v) is 12.1. The Labute approximate surface area is 111 Å². The maximum Gasteiger partial charge on any atom is 0.227 e. The van der Waals surface area contributed by atoms with Gasteiger partial charge in [0.2, 0.25) is 5.91 Å². The SMILES string of the molecule is CCCC1(C(=O)NCC(C)COC)CCCNC1. The molecule has 1 aliphatic rings. The van der Waals surface area contributed by atoms with E-state index in [0.717, 1.165) is 38.8 Å². The monoisotopic (exact) mass is 256 g/mol. The second-order valence-electron chi connectivity index (χ2n) is 5.58. The number of methoxy groups -OCH3 is 1. The lowest BCUT2D eigenvalue weighted by Crippen LogP contribution is -2.51. The molecule has 4 nitrogen and oxygen atoms in total. The Morgan fingerprint density at radius 3 is 2.89 bits per heavy atom. The van der Waals surface area contributed by atoms with Crippen LogP contribution in [0.5, 0.6) is 0 Å². The van der Waals surface area contributed by atoms with Gasteiger partial charge in [0.15, 0.2) is 0 Å². The molecule has 4 heteroatoms. The fourth-order valence-electron chi connectivity index (χ4n) is 2.76. The standard InChI is InChI=1S/C14H28N2O2/c1-4-6-14(7-5-8-15-11-14)13(17)16-9-12(2)10-18-3/h12,15H,4-11H2,1-3H3,(H,16,17). The van der Waals surface area contributed by atoms with Gasteiger partial charge < -0.3 is 15.4 Å². The molecule has 1 heterocycles. The first-order valence-electron chi connectivity index (χ1n) is 7.12. The van der Waals surface area contributed by atoms with Gasteiger partial charge in [-0.25, -0.2) is 0 Å². The van der Waals surface area contributed by atoms with Crippen LogP contribution in [0.4, 0.5) is 0 Å². The summed E-state index contributed by atoms with van der Waals surface area (Å²) in [6.45, 7) is 7.51. The smallest absolute Gasteiger partial charge is 0.227 e. The molecule has 0 aromatic carbocycles. The van der Waals surface area contributed by atoms with Crippen molar-refractivity contribution < 1.29 is 9.53 Å². The maximum absolute atomic E-state index is 12.4. The lowest BCUT2D eigenvalue weighted by molar-refractivity contribution is -0.132. The van der Waals surface area contributed by atoms with E-state index < -0.39 is 0 Å². The van der Waals surface area contributed by atoms with Gasteiger partial charge in [0.25, 0.3) is 0 Å². The topological polar surface area (TPSA) is 50.4 Å². The number of carbonyl (C=O) groups is 1. The lowest BCUT2D eigenvalue weighted by atomic mass is 9.76.